The number of nitrogens with one attached hydrogen (secondary N) is 2. The molecular formula is C16H15IN4O2. The van der Waals surface area contributed by atoms with Gasteiger partial charge in [0.05, 0.1) is 23.7 Å². The third kappa shape index (κ3) is 3.03. The number of likely N-dealkylation sites (tertiary alicyclic amines) is 1. The van der Waals surface area contributed by atoms with Gasteiger partial charge in [0.2, 0.25) is 5.91 Å². The Hall–Kier alpha value is -2.08. The van der Waals surface area contributed by atoms with Crippen LogP contribution in [0.1, 0.15) is 23.2 Å². The molecule has 0 spiro atoms. The van der Waals surface area contributed by atoms with Crippen molar-refractivity contribution in [3.05, 3.63) is 33.5 Å². The SMILES string of the molecule is N#C[C@@H]1CCCN1C(=O)CNC(=O)c1c[nH]c2c(I)cccc12. The number of H-pyrrole nitrogens is 1. The number of benzene rings is 1. The van der Waals surface area contributed by atoms with Gasteiger partial charge in [-0.15, -0.1) is 0 Å². The quantitative estimate of drug-likeness (QED) is 0.742. The maximum absolute atomic E-state index is 12.3. The van der Waals surface area contributed by atoms with E-state index in [4.69, 9.17) is 5.26 Å². The van der Waals surface area contributed by atoms with Crippen molar-refractivity contribution in [1.82, 2.24) is 15.2 Å². The van der Waals surface area contributed by atoms with E-state index in [-0.39, 0.29) is 24.4 Å². The molecule has 23 heavy (non-hydrogen) atoms. The summed E-state index contributed by atoms with van der Waals surface area (Å²) in [6, 6.07) is 7.48. The molecule has 3 rings (SSSR count). The normalized spacial score (nSPS) is 17.2. The number of amides is 2. The van der Waals surface area contributed by atoms with Crippen LogP contribution in [0.15, 0.2) is 24.4 Å². The van der Waals surface area contributed by atoms with Gasteiger partial charge in [-0.3, -0.25) is 9.59 Å². The number of hydrogen-bond donors (Lipinski definition) is 2. The fraction of sp³-hybridized carbons (Fsp3) is 0.312. The van der Waals surface area contributed by atoms with Gasteiger partial charge in [0.25, 0.3) is 5.91 Å². The summed E-state index contributed by atoms with van der Waals surface area (Å²) in [6.07, 6.45) is 3.19. The number of aromatic nitrogens is 1. The number of rotatable bonds is 3. The van der Waals surface area contributed by atoms with E-state index in [9.17, 15) is 9.59 Å². The Morgan fingerprint density at radius 3 is 3.09 bits per heavy atom. The highest BCUT2D eigenvalue weighted by Crippen LogP contribution is 2.23. The van der Waals surface area contributed by atoms with Crippen LogP contribution < -0.4 is 5.32 Å². The van der Waals surface area contributed by atoms with Crippen LogP contribution in [0.25, 0.3) is 10.9 Å². The lowest BCUT2D eigenvalue weighted by atomic mass is 10.1. The van der Waals surface area contributed by atoms with Gasteiger partial charge in [0.15, 0.2) is 0 Å². The molecule has 2 N–H and O–H groups in total. The lowest BCUT2D eigenvalue weighted by Crippen LogP contribution is -2.42. The maximum Gasteiger partial charge on any atom is 0.253 e. The Bertz CT molecular complexity index is 808. The summed E-state index contributed by atoms with van der Waals surface area (Å²) in [4.78, 5) is 29.1. The maximum atomic E-state index is 12.3. The average molecular weight is 422 g/mol. The number of fused-ring (bicyclic) bond motifs is 1. The van der Waals surface area contributed by atoms with Gasteiger partial charge < -0.3 is 15.2 Å². The van der Waals surface area contributed by atoms with Crippen LogP contribution in [0.5, 0.6) is 0 Å². The van der Waals surface area contributed by atoms with Crippen LogP contribution in [0.3, 0.4) is 0 Å². The average Bonchev–Trinajstić information content (AvgIpc) is 3.19. The zero-order valence-electron chi connectivity index (χ0n) is 12.3. The van der Waals surface area contributed by atoms with Crippen molar-refractivity contribution in [2.45, 2.75) is 18.9 Å². The van der Waals surface area contributed by atoms with Gasteiger partial charge in [-0.25, -0.2) is 0 Å². The van der Waals surface area contributed by atoms with Gasteiger partial charge in [-0.2, -0.15) is 5.26 Å². The second-order valence-corrected chi connectivity index (χ2v) is 6.58. The van der Waals surface area contributed by atoms with E-state index < -0.39 is 0 Å². The van der Waals surface area contributed by atoms with Crippen molar-refractivity contribution in [2.24, 2.45) is 0 Å². The number of hydrogen-bond acceptors (Lipinski definition) is 3. The molecule has 1 aliphatic rings. The van der Waals surface area contributed by atoms with Gasteiger partial charge in [0.1, 0.15) is 6.04 Å². The Morgan fingerprint density at radius 1 is 1.48 bits per heavy atom. The summed E-state index contributed by atoms with van der Waals surface area (Å²) in [5.41, 5.74) is 1.43. The second kappa shape index (κ2) is 6.58. The molecule has 1 saturated heterocycles. The minimum atomic E-state index is -0.367. The Kier molecular flexibility index (Phi) is 4.52. The monoisotopic (exact) mass is 422 g/mol. The van der Waals surface area contributed by atoms with Crippen molar-refractivity contribution in [1.29, 1.82) is 5.26 Å². The van der Waals surface area contributed by atoms with Crippen molar-refractivity contribution in [2.75, 3.05) is 13.1 Å². The molecule has 0 bridgehead atoms. The molecule has 1 fully saturated rings. The first-order valence-corrected chi connectivity index (χ1v) is 8.42. The van der Waals surface area contributed by atoms with E-state index >= 15 is 0 Å². The highest BCUT2D eigenvalue weighted by molar-refractivity contribution is 14.1. The molecule has 118 valence electrons. The highest BCUT2D eigenvalue weighted by Gasteiger charge is 2.28. The summed E-state index contributed by atoms with van der Waals surface area (Å²) >= 11 is 2.20. The number of halogens is 1. The molecule has 0 unspecified atom stereocenters. The van der Waals surface area contributed by atoms with Gasteiger partial charge in [0, 0.05) is 21.7 Å². The second-order valence-electron chi connectivity index (χ2n) is 5.42. The number of nitrogens with zero attached hydrogens (tertiary/aromatic N) is 2. The Balaban J connectivity index is 1.68. The summed E-state index contributed by atoms with van der Waals surface area (Å²) in [6.45, 7) is 0.492. The van der Waals surface area contributed by atoms with E-state index in [1.54, 1.807) is 11.1 Å². The zero-order valence-corrected chi connectivity index (χ0v) is 14.5. The fourth-order valence-corrected chi connectivity index (χ4v) is 3.51. The molecule has 1 aromatic heterocycles. The van der Waals surface area contributed by atoms with Crippen LogP contribution in [0.2, 0.25) is 0 Å². The molecule has 2 aromatic rings. The molecular weight excluding hydrogens is 407 g/mol. The van der Waals surface area contributed by atoms with E-state index in [0.717, 1.165) is 20.9 Å². The van der Waals surface area contributed by atoms with E-state index in [1.165, 1.54) is 0 Å². The topological polar surface area (TPSA) is 89.0 Å². The fourth-order valence-electron chi connectivity index (χ4n) is 2.86. The largest absolute Gasteiger partial charge is 0.360 e. The third-order valence-corrected chi connectivity index (χ3v) is 4.93. The molecule has 1 aromatic carbocycles. The van der Waals surface area contributed by atoms with Crippen molar-refractivity contribution in [3.63, 3.8) is 0 Å². The number of aromatic amines is 1. The van der Waals surface area contributed by atoms with Gasteiger partial charge >= 0.3 is 0 Å². The molecule has 1 atom stereocenters. The van der Waals surface area contributed by atoms with Crippen molar-refractivity contribution in [3.8, 4) is 6.07 Å². The number of para-hydroxylation sites is 1. The summed E-state index contributed by atoms with van der Waals surface area (Å²) in [7, 11) is 0. The van der Waals surface area contributed by atoms with E-state index in [1.807, 2.05) is 18.2 Å². The molecule has 1 aliphatic heterocycles. The highest BCUT2D eigenvalue weighted by atomic mass is 127. The summed E-state index contributed by atoms with van der Waals surface area (Å²) in [5.74, 6) is -0.504. The van der Waals surface area contributed by atoms with Crippen molar-refractivity contribution >= 4 is 45.3 Å². The van der Waals surface area contributed by atoms with Crippen LogP contribution >= 0.6 is 22.6 Å². The molecule has 2 heterocycles. The number of carbonyl (C=O) groups is 2. The van der Waals surface area contributed by atoms with Crippen LogP contribution in [-0.2, 0) is 4.79 Å². The number of nitriles is 1. The van der Waals surface area contributed by atoms with E-state index in [0.29, 0.717) is 18.5 Å². The van der Waals surface area contributed by atoms with Crippen LogP contribution in [0, 0.1) is 14.9 Å². The Labute approximate surface area is 147 Å². The van der Waals surface area contributed by atoms with Crippen molar-refractivity contribution < 1.29 is 9.59 Å². The Morgan fingerprint density at radius 2 is 2.30 bits per heavy atom. The first-order valence-electron chi connectivity index (χ1n) is 7.34. The minimum Gasteiger partial charge on any atom is -0.360 e. The van der Waals surface area contributed by atoms with Gasteiger partial charge in [-0.1, -0.05) is 12.1 Å². The third-order valence-electron chi connectivity index (χ3n) is 4.03. The first kappa shape index (κ1) is 15.8. The first-order chi connectivity index (χ1) is 11.1. The molecule has 6 nitrogen and oxygen atoms in total. The standard InChI is InChI=1S/C16H15IN4O2/c17-13-5-1-4-11-12(8-19-15(11)13)16(23)20-9-14(22)21-6-2-3-10(21)7-18/h1,4-5,8,10,19H,2-3,6,9H2,(H,20,23)/t10-/m0/s1. The summed E-state index contributed by atoms with van der Waals surface area (Å²) < 4.78 is 1.03. The molecule has 7 heteroatoms. The predicted octanol–water partition coefficient (Wildman–Crippen LogP) is 2.02. The lowest BCUT2D eigenvalue weighted by molar-refractivity contribution is -0.130. The lowest BCUT2D eigenvalue weighted by Gasteiger charge is -2.19. The number of carbonyl (C=O) groups excluding carboxylic acids is 2. The van der Waals surface area contributed by atoms with Crippen LogP contribution in [-0.4, -0.2) is 40.8 Å². The predicted molar refractivity (Wildman–Crippen MR) is 93.7 cm³/mol. The molecule has 0 saturated carbocycles. The molecule has 0 aliphatic carbocycles. The molecule has 2 amide bonds. The summed E-state index contributed by atoms with van der Waals surface area (Å²) in [5, 5.41) is 12.5. The van der Waals surface area contributed by atoms with E-state index in [2.05, 4.69) is 39.0 Å². The van der Waals surface area contributed by atoms with Gasteiger partial charge in [-0.05, 0) is 41.5 Å². The zero-order chi connectivity index (χ0) is 16.4. The smallest absolute Gasteiger partial charge is 0.253 e. The van der Waals surface area contributed by atoms with Crippen LogP contribution in [0.4, 0.5) is 0 Å². The molecule has 0 radical (unpaired) electrons. The minimum absolute atomic E-state index is 0.0897.